The molecule has 0 bridgehead atoms. The number of ether oxygens (including phenoxy) is 1. The number of nitrogens with zero attached hydrogens (tertiary/aromatic N) is 2. The normalized spacial score (nSPS) is 18.0. The zero-order chi connectivity index (χ0) is 18.9. The molecule has 5 nitrogen and oxygen atoms in total. The Morgan fingerprint density at radius 3 is 2.46 bits per heavy atom. The van der Waals surface area contributed by atoms with Crippen molar-refractivity contribution in [1.29, 1.82) is 0 Å². The predicted octanol–water partition coefficient (Wildman–Crippen LogP) is 4.33. The lowest BCUT2D eigenvalue weighted by atomic mass is 10.0. The molecule has 1 unspecified atom stereocenters. The Morgan fingerprint density at radius 2 is 1.85 bits per heavy atom. The van der Waals surface area contributed by atoms with Gasteiger partial charge in [-0.15, -0.1) is 0 Å². The summed E-state index contributed by atoms with van der Waals surface area (Å²) in [6, 6.07) is 8.38. The van der Waals surface area contributed by atoms with E-state index in [1.807, 2.05) is 0 Å². The molecule has 0 aliphatic carbocycles. The first-order chi connectivity index (χ1) is 12.3. The lowest BCUT2D eigenvalue weighted by molar-refractivity contribution is -0.386. The number of hydrogen-bond acceptors (Lipinski definition) is 4. The van der Waals surface area contributed by atoms with Gasteiger partial charge in [0.15, 0.2) is 0 Å². The Morgan fingerprint density at radius 1 is 1.15 bits per heavy atom. The maximum atomic E-state index is 13.8. The monoisotopic (exact) mass is 370 g/mol. The second-order valence-corrected chi connectivity index (χ2v) is 5.79. The number of benzene rings is 2. The number of alkyl halides is 3. The molecular formula is C17H14F4N2O3. The molecule has 0 saturated carbocycles. The highest BCUT2D eigenvalue weighted by molar-refractivity contribution is 5.64. The van der Waals surface area contributed by atoms with Crippen LogP contribution in [-0.2, 0) is 10.9 Å². The van der Waals surface area contributed by atoms with Crippen molar-refractivity contribution in [2.75, 3.05) is 24.6 Å². The molecule has 1 aliphatic rings. The number of anilines is 1. The SMILES string of the molecule is O=[N+]([O-])c1c(F)cccc1N1CCOC(c2ccc(C(F)(F)F)cc2)C1. The van der Waals surface area contributed by atoms with Crippen molar-refractivity contribution in [3.8, 4) is 0 Å². The largest absolute Gasteiger partial charge is 0.416 e. The van der Waals surface area contributed by atoms with Crippen LogP contribution in [0.25, 0.3) is 0 Å². The molecule has 138 valence electrons. The minimum atomic E-state index is -4.43. The quantitative estimate of drug-likeness (QED) is 0.458. The molecule has 1 atom stereocenters. The van der Waals surface area contributed by atoms with Gasteiger partial charge in [0, 0.05) is 13.1 Å². The zero-order valence-electron chi connectivity index (χ0n) is 13.4. The van der Waals surface area contributed by atoms with Gasteiger partial charge in [0.25, 0.3) is 0 Å². The highest BCUT2D eigenvalue weighted by Crippen LogP contribution is 2.35. The van der Waals surface area contributed by atoms with Gasteiger partial charge in [-0.05, 0) is 29.8 Å². The molecule has 3 rings (SSSR count). The van der Waals surface area contributed by atoms with Crippen molar-refractivity contribution < 1.29 is 27.2 Å². The Hall–Kier alpha value is -2.68. The van der Waals surface area contributed by atoms with Crippen LogP contribution >= 0.6 is 0 Å². The first-order valence-electron chi connectivity index (χ1n) is 7.74. The molecule has 2 aromatic carbocycles. The minimum Gasteiger partial charge on any atom is -0.370 e. The van der Waals surface area contributed by atoms with Crippen LogP contribution in [0.4, 0.5) is 28.9 Å². The average Bonchev–Trinajstić information content (AvgIpc) is 2.60. The van der Waals surface area contributed by atoms with E-state index in [-0.39, 0.29) is 18.8 Å². The van der Waals surface area contributed by atoms with Crippen molar-refractivity contribution in [2.24, 2.45) is 0 Å². The molecule has 0 radical (unpaired) electrons. The Bertz CT molecular complexity index is 809. The van der Waals surface area contributed by atoms with Gasteiger partial charge in [-0.25, -0.2) is 0 Å². The van der Waals surface area contributed by atoms with Crippen LogP contribution in [0.15, 0.2) is 42.5 Å². The summed E-state index contributed by atoms with van der Waals surface area (Å²) in [5.74, 6) is -0.940. The molecule has 1 fully saturated rings. The van der Waals surface area contributed by atoms with E-state index in [9.17, 15) is 27.7 Å². The van der Waals surface area contributed by atoms with E-state index in [4.69, 9.17) is 4.74 Å². The van der Waals surface area contributed by atoms with E-state index in [2.05, 4.69) is 0 Å². The molecule has 0 spiro atoms. The molecule has 26 heavy (non-hydrogen) atoms. The van der Waals surface area contributed by atoms with Gasteiger partial charge in [0.05, 0.1) is 17.1 Å². The lowest BCUT2D eigenvalue weighted by Gasteiger charge is -2.34. The number of para-hydroxylation sites is 1. The fourth-order valence-corrected chi connectivity index (χ4v) is 2.90. The first-order valence-corrected chi connectivity index (χ1v) is 7.74. The van der Waals surface area contributed by atoms with Crippen LogP contribution in [0.5, 0.6) is 0 Å². The first kappa shape index (κ1) is 18.1. The molecule has 1 aliphatic heterocycles. The number of nitro groups is 1. The molecule has 1 saturated heterocycles. The van der Waals surface area contributed by atoms with Crippen molar-refractivity contribution in [3.63, 3.8) is 0 Å². The lowest BCUT2D eigenvalue weighted by Crippen LogP contribution is -2.38. The maximum Gasteiger partial charge on any atom is 0.416 e. The summed E-state index contributed by atoms with van der Waals surface area (Å²) in [5, 5.41) is 11.2. The van der Waals surface area contributed by atoms with E-state index < -0.39 is 34.3 Å². The summed E-state index contributed by atoms with van der Waals surface area (Å²) in [5.41, 5.74) is -0.757. The van der Waals surface area contributed by atoms with Crippen LogP contribution in [0.2, 0.25) is 0 Å². The summed E-state index contributed by atoms with van der Waals surface area (Å²) < 4.78 is 57.4. The van der Waals surface area contributed by atoms with Gasteiger partial charge in [-0.1, -0.05) is 18.2 Å². The average molecular weight is 370 g/mol. The van der Waals surface area contributed by atoms with E-state index in [0.717, 1.165) is 18.2 Å². The Labute approximate surface area is 145 Å². The molecule has 0 aromatic heterocycles. The number of halogens is 4. The van der Waals surface area contributed by atoms with E-state index in [1.54, 1.807) is 4.90 Å². The summed E-state index contributed by atoms with van der Waals surface area (Å²) in [6.45, 7) is 0.677. The van der Waals surface area contributed by atoms with Crippen molar-refractivity contribution in [3.05, 3.63) is 69.5 Å². The molecule has 0 N–H and O–H groups in total. The fraction of sp³-hybridized carbons (Fsp3) is 0.294. The topological polar surface area (TPSA) is 55.6 Å². The highest BCUT2D eigenvalue weighted by Gasteiger charge is 2.32. The molecule has 9 heteroatoms. The molecule has 0 amide bonds. The van der Waals surface area contributed by atoms with Crippen LogP contribution < -0.4 is 4.90 Å². The summed E-state index contributed by atoms with van der Waals surface area (Å²) in [6.07, 6.45) is -5.01. The highest BCUT2D eigenvalue weighted by atomic mass is 19.4. The summed E-state index contributed by atoms with van der Waals surface area (Å²) in [7, 11) is 0. The Kier molecular flexibility index (Phi) is 4.82. The van der Waals surface area contributed by atoms with Crippen LogP contribution in [-0.4, -0.2) is 24.6 Å². The maximum absolute atomic E-state index is 13.8. The number of rotatable bonds is 3. The molecular weight excluding hydrogens is 356 g/mol. The molecule has 2 aromatic rings. The van der Waals surface area contributed by atoms with E-state index in [0.29, 0.717) is 12.1 Å². The van der Waals surface area contributed by atoms with Gasteiger partial charge in [-0.3, -0.25) is 10.1 Å². The van der Waals surface area contributed by atoms with Crippen molar-refractivity contribution >= 4 is 11.4 Å². The van der Waals surface area contributed by atoms with Crippen LogP contribution in [0.1, 0.15) is 17.2 Å². The summed E-state index contributed by atoms with van der Waals surface area (Å²) in [4.78, 5) is 12.0. The zero-order valence-corrected chi connectivity index (χ0v) is 13.4. The fourth-order valence-electron chi connectivity index (χ4n) is 2.90. The standard InChI is InChI=1S/C17H14F4N2O3/c18-13-2-1-3-14(16(13)23(24)25)22-8-9-26-15(10-22)11-4-6-12(7-5-11)17(19,20)21/h1-7,15H,8-10H2. The third kappa shape index (κ3) is 3.62. The van der Waals surface area contributed by atoms with E-state index in [1.165, 1.54) is 24.3 Å². The second-order valence-electron chi connectivity index (χ2n) is 5.79. The predicted molar refractivity (Wildman–Crippen MR) is 85.4 cm³/mol. The Balaban J connectivity index is 1.85. The van der Waals surface area contributed by atoms with Crippen molar-refractivity contribution in [2.45, 2.75) is 12.3 Å². The van der Waals surface area contributed by atoms with Gasteiger partial charge in [-0.2, -0.15) is 17.6 Å². The van der Waals surface area contributed by atoms with Crippen LogP contribution in [0.3, 0.4) is 0 Å². The minimum absolute atomic E-state index is 0.121. The van der Waals surface area contributed by atoms with Gasteiger partial charge < -0.3 is 9.64 Å². The third-order valence-electron chi connectivity index (χ3n) is 4.16. The smallest absolute Gasteiger partial charge is 0.370 e. The number of nitro benzene ring substituents is 1. The second kappa shape index (κ2) is 6.91. The molecule has 1 heterocycles. The van der Waals surface area contributed by atoms with Gasteiger partial charge in [0.1, 0.15) is 11.8 Å². The summed E-state index contributed by atoms with van der Waals surface area (Å²) >= 11 is 0. The number of hydrogen-bond donors (Lipinski definition) is 0. The van der Waals surface area contributed by atoms with Gasteiger partial charge >= 0.3 is 11.9 Å². The van der Waals surface area contributed by atoms with Gasteiger partial charge in [0.2, 0.25) is 5.82 Å². The van der Waals surface area contributed by atoms with E-state index >= 15 is 0 Å². The third-order valence-corrected chi connectivity index (χ3v) is 4.16. The van der Waals surface area contributed by atoms with Crippen molar-refractivity contribution in [1.82, 2.24) is 0 Å². The number of morpholine rings is 1. The van der Waals surface area contributed by atoms with Crippen LogP contribution in [0, 0.1) is 15.9 Å².